The topological polar surface area (TPSA) is 91.0 Å². The summed E-state index contributed by atoms with van der Waals surface area (Å²) >= 11 is 0. The van der Waals surface area contributed by atoms with Crippen molar-refractivity contribution in [2.75, 3.05) is 0 Å². The molecule has 27 heavy (non-hydrogen) atoms. The molecule has 3 heterocycles. The molecule has 1 aromatic heterocycles. The molecule has 2 unspecified atom stereocenters. The zero-order valence-corrected chi connectivity index (χ0v) is 15.8. The van der Waals surface area contributed by atoms with Crippen molar-refractivity contribution in [2.45, 2.75) is 63.8 Å². The number of aromatic nitrogens is 1. The van der Waals surface area contributed by atoms with Crippen LogP contribution in [0.4, 0.5) is 0 Å². The van der Waals surface area contributed by atoms with Crippen LogP contribution in [0.1, 0.15) is 61.8 Å². The summed E-state index contributed by atoms with van der Waals surface area (Å²) in [5.41, 5.74) is 9.29. The predicted octanol–water partition coefficient (Wildman–Crippen LogP) is 1.76. The van der Waals surface area contributed by atoms with E-state index < -0.39 is 0 Å². The molecule has 0 amide bonds. The fourth-order valence-electron chi connectivity index (χ4n) is 5.42. The van der Waals surface area contributed by atoms with E-state index in [0.717, 1.165) is 42.8 Å². The van der Waals surface area contributed by atoms with E-state index in [1.54, 1.807) is 4.57 Å². The summed E-state index contributed by atoms with van der Waals surface area (Å²) < 4.78 is 1.72. The summed E-state index contributed by atoms with van der Waals surface area (Å²) in [5, 5.41) is 19.7. The van der Waals surface area contributed by atoms with Crippen molar-refractivity contribution in [3.63, 3.8) is 0 Å². The van der Waals surface area contributed by atoms with Crippen LogP contribution in [0.3, 0.4) is 0 Å². The van der Waals surface area contributed by atoms with Crippen LogP contribution in [-0.2, 0) is 19.9 Å². The molecule has 144 valence electrons. The molecule has 0 bridgehead atoms. The second-order valence-electron chi connectivity index (χ2n) is 8.36. The van der Waals surface area contributed by atoms with Gasteiger partial charge in [0.15, 0.2) is 0 Å². The molecule has 2 aliphatic carbocycles. The second-order valence-corrected chi connectivity index (χ2v) is 8.36. The highest BCUT2D eigenvalue weighted by molar-refractivity contribution is 6.19. The highest BCUT2D eigenvalue weighted by Gasteiger charge is 2.46. The van der Waals surface area contributed by atoms with Gasteiger partial charge in [0.05, 0.1) is 11.6 Å². The van der Waals surface area contributed by atoms with Crippen LogP contribution in [0.5, 0.6) is 5.75 Å². The molecule has 5 rings (SSSR count). The van der Waals surface area contributed by atoms with E-state index in [1.807, 2.05) is 7.05 Å². The number of amidine groups is 1. The van der Waals surface area contributed by atoms with E-state index in [1.165, 1.54) is 32.1 Å². The van der Waals surface area contributed by atoms with Gasteiger partial charge in [0.2, 0.25) is 0 Å². The third-order valence-electron chi connectivity index (χ3n) is 6.88. The molecular weight excluding hydrogens is 342 g/mol. The Bertz CT molecular complexity index is 895. The fourth-order valence-corrected chi connectivity index (χ4v) is 5.42. The predicted molar refractivity (Wildman–Crippen MR) is 104 cm³/mol. The highest BCUT2D eigenvalue weighted by atomic mass is 16.3. The number of hydrazine groups is 1. The van der Waals surface area contributed by atoms with Crippen molar-refractivity contribution >= 4 is 11.5 Å². The Morgan fingerprint density at radius 3 is 2.67 bits per heavy atom. The maximum absolute atomic E-state index is 13.2. The number of hydrogen-bond donors (Lipinski definition) is 3. The van der Waals surface area contributed by atoms with E-state index in [0.29, 0.717) is 17.2 Å². The molecule has 7 heteroatoms. The van der Waals surface area contributed by atoms with E-state index >= 15 is 0 Å². The summed E-state index contributed by atoms with van der Waals surface area (Å²) in [4.78, 5) is 13.2. The maximum Gasteiger partial charge on any atom is 0.263 e. The Hall–Kier alpha value is -2.15. The first-order valence-electron chi connectivity index (χ1n) is 10.3. The van der Waals surface area contributed by atoms with Crippen LogP contribution in [0.15, 0.2) is 15.0 Å². The molecule has 1 saturated carbocycles. The molecule has 3 N–H and O–H groups in total. The van der Waals surface area contributed by atoms with Gasteiger partial charge in [-0.15, -0.1) is 5.10 Å². The number of hydrogen-bond acceptors (Lipinski definition) is 6. The third kappa shape index (κ3) is 2.55. The van der Waals surface area contributed by atoms with Gasteiger partial charge in [0.25, 0.3) is 5.56 Å². The van der Waals surface area contributed by atoms with Gasteiger partial charge in [-0.3, -0.25) is 4.79 Å². The van der Waals surface area contributed by atoms with Crippen LogP contribution >= 0.6 is 0 Å². The van der Waals surface area contributed by atoms with Crippen molar-refractivity contribution in [2.24, 2.45) is 29.1 Å². The van der Waals surface area contributed by atoms with Gasteiger partial charge in [-0.1, -0.05) is 19.3 Å². The Balaban J connectivity index is 1.57. The number of aromatic hydroxyl groups is 1. The van der Waals surface area contributed by atoms with Crippen molar-refractivity contribution in [1.29, 1.82) is 0 Å². The number of nitrogens with one attached hydrogen (secondary N) is 2. The number of rotatable bonds is 2. The molecular formula is C20H27N5O2. The lowest BCUT2D eigenvalue weighted by molar-refractivity contribution is 0.268. The molecule has 0 aromatic carbocycles. The Morgan fingerprint density at radius 2 is 1.85 bits per heavy atom. The zero-order chi connectivity index (χ0) is 18.5. The lowest BCUT2D eigenvalue weighted by Crippen LogP contribution is -2.42. The SMILES string of the molecule is Cn1c2c(c(O)c(C3=NN=C4NNC(C5CCCCC5)C43)c1=O)CCCC2. The Labute approximate surface area is 158 Å². The van der Waals surface area contributed by atoms with Crippen LogP contribution < -0.4 is 16.4 Å². The third-order valence-corrected chi connectivity index (χ3v) is 6.88. The molecule has 2 atom stereocenters. The smallest absolute Gasteiger partial charge is 0.263 e. The second kappa shape index (κ2) is 6.48. The van der Waals surface area contributed by atoms with Gasteiger partial charge < -0.3 is 15.1 Å². The van der Waals surface area contributed by atoms with Gasteiger partial charge >= 0.3 is 0 Å². The quantitative estimate of drug-likeness (QED) is 0.741. The van der Waals surface area contributed by atoms with Crippen molar-refractivity contribution in [3.8, 4) is 5.75 Å². The van der Waals surface area contributed by atoms with Gasteiger partial charge in [0, 0.05) is 24.3 Å². The largest absolute Gasteiger partial charge is 0.507 e. The van der Waals surface area contributed by atoms with Crippen LogP contribution in [0.2, 0.25) is 0 Å². The number of pyridine rings is 1. The van der Waals surface area contributed by atoms with Gasteiger partial charge in [-0.25, -0.2) is 5.43 Å². The molecule has 2 aliphatic heterocycles. The first-order valence-corrected chi connectivity index (χ1v) is 10.3. The van der Waals surface area contributed by atoms with E-state index in [-0.39, 0.29) is 23.3 Å². The monoisotopic (exact) mass is 369 g/mol. The molecule has 2 fully saturated rings. The summed E-state index contributed by atoms with van der Waals surface area (Å²) in [5.74, 6) is 1.38. The highest BCUT2D eigenvalue weighted by Crippen LogP contribution is 2.37. The minimum absolute atomic E-state index is 0.0756. The minimum Gasteiger partial charge on any atom is -0.507 e. The summed E-state index contributed by atoms with van der Waals surface area (Å²) in [6.45, 7) is 0. The zero-order valence-electron chi connectivity index (χ0n) is 15.8. The molecule has 0 spiro atoms. The van der Waals surface area contributed by atoms with E-state index in [2.05, 4.69) is 21.1 Å². The lowest BCUT2D eigenvalue weighted by Gasteiger charge is -2.30. The number of fused-ring (bicyclic) bond motifs is 2. The summed E-state index contributed by atoms with van der Waals surface area (Å²) in [7, 11) is 1.82. The average Bonchev–Trinajstić information content (AvgIpc) is 3.30. The molecule has 7 nitrogen and oxygen atoms in total. The summed E-state index contributed by atoms with van der Waals surface area (Å²) in [6, 6.07) is 0.172. The standard InChI is InChI=1S/C20H27N5O2/c1-25-13-10-6-5-9-12(13)18(26)15(20(25)27)17-14-16(11-7-3-2-4-8-11)21-23-19(14)24-22-17/h11,14,16,21,26H,2-10H2,1H3,(H,23,24). The minimum atomic E-state index is -0.155. The van der Waals surface area contributed by atoms with E-state index in [4.69, 9.17) is 0 Å². The Morgan fingerprint density at radius 1 is 1.07 bits per heavy atom. The maximum atomic E-state index is 13.2. The summed E-state index contributed by atoms with van der Waals surface area (Å²) in [6.07, 6.45) is 9.94. The van der Waals surface area contributed by atoms with Crippen LogP contribution in [-0.4, -0.2) is 27.3 Å². The molecule has 4 aliphatic rings. The van der Waals surface area contributed by atoms with Crippen molar-refractivity contribution in [3.05, 3.63) is 27.2 Å². The van der Waals surface area contributed by atoms with Crippen molar-refractivity contribution < 1.29 is 5.11 Å². The average molecular weight is 369 g/mol. The molecule has 0 radical (unpaired) electrons. The van der Waals surface area contributed by atoms with Gasteiger partial charge in [-0.05, 0) is 44.4 Å². The fraction of sp³-hybridized carbons (Fsp3) is 0.650. The number of nitrogens with zero attached hydrogens (tertiary/aromatic N) is 3. The van der Waals surface area contributed by atoms with Crippen LogP contribution in [0.25, 0.3) is 0 Å². The normalized spacial score (nSPS) is 27.6. The van der Waals surface area contributed by atoms with Crippen molar-refractivity contribution in [1.82, 2.24) is 15.4 Å². The van der Waals surface area contributed by atoms with E-state index in [9.17, 15) is 9.90 Å². The van der Waals surface area contributed by atoms with Gasteiger partial charge in [0.1, 0.15) is 17.1 Å². The van der Waals surface area contributed by atoms with Gasteiger partial charge in [-0.2, -0.15) is 5.10 Å². The molecule has 1 saturated heterocycles. The van der Waals surface area contributed by atoms with Crippen LogP contribution in [0, 0.1) is 11.8 Å². The molecule has 1 aromatic rings. The first kappa shape index (κ1) is 17.0. The first-order chi connectivity index (χ1) is 13.2. The lowest BCUT2D eigenvalue weighted by atomic mass is 9.76. The Kier molecular flexibility index (Phi) is 4.07.